The highest BCUT2D eigenvalue weighted by Gasteiger charge is 2.53. The lowest BCUT2D eigenvalue weighted by Crippen LogP contribution is -2.71. The number of anilines is 1. The first-order chi connectivity index (χ1) is 20.4. The van der Waals surface area contributed by atoms with Gasteiger partial charge >= 0.3 is 5.65 Å². The standard InChI is InChI=1S/C25H28N10O5S2/c1-2-40-31-16(19-30-25(26)42-32-19)21(36)29-17-22(37)35-18(24(38)39)13(11-41-23(17)35)10-33-9-3-4-15-20(33)28-12-34(15)14-5-7-27-8-6-14/h3-4,9,12,14,17,23,27H,2,5-8,10-11H2,1H3,(H3-,26,29,30,32,36,38,39)/b31-16-. The Morgan fingerprint density at radius 3 is 2.88 bits per heavy atom. The van der Waals surface area contributed by atoms with Crippen molar-refractivity contribution in [1.29, 1.82) is 0 Å². The maximum Gasteiger partial charge on any atom is 0.349 e. The quantitative estimate of drug-likeness (QED) is 0.110. The molecule has 0 saturated carbocycles. The van der Waals surface area contributed by atoms with Crippen LogP contribution in [0.25, 0.3) is 11.2 Å². The lowest BCUT2D eigenvalue weighted by Gasteiger charge is -2.50. The van der Waals surface area contributed by atoms with Gasteiger partial charge in [-0.05, 0) is 50.0 Å². The molecule has 3 aliphatic heterocycles. The summed E-state index contributed by atoms with van der Waals surface area (Å²) in [5.74, 6) is -2.49. The molecule has 2 atom stereocenters. The summed E-state index contributed by atoms with van der Waals surface area (Å²) in [5, 5.41) is 21.6. The molecule has 220 valence electrons. The lowest BCUT2D eigenvalue weighted by molar-refractivity contribution is -0.664. The third kappa shape index (κ3) is 5.07. The van der Waals surface area contributed by atoms with E-state index in [4.69, 9.17) is 10.6 Å². The summed E-state index contributed by atoms with van der Waals surface area (Å²) in [4.78, 5) is 53.5. The van der Waals surface area contributed by atoms with Gasteiger partial charge in [0, 0.05) is 28.9 Å². The second-order valence-electron chi connectivity index (χ2n) is 9.89. The van der Waals surface area contributed by atoms with E-state index in [0.717, 1.165) is 48.6 Å². The largest absolute Gasteiger partial charge is 0.543 e. The van der Waals surface area contributed by atoms with E-state index in [1.54, 1.807) is 6.92 Å². The summed E-state index contributed by atoms with van der Waals surface area (Å²) in [6.45, 7) is 3.99. The fraction of sp³-hybridized carbons (Fsp3) is 0.440. The highest BCUT2D eigenvalue weighted by Crippen LogP contribution is 2.40. The van der Waals surface area contributed by atoms with E-state index in [9.17, 15) is 19.5 Å². The number of thioether (sulfide) groups is 1. The van der Waals surface area contributed by atoms with Crippen molar-refractivity contribution in [1.82, 2.24) is 34.4 Å². The van der Waals surface area contributed by atoms with E-state index in [-0.39, 0.29) is 35.5 Å². The molecular formula is C25H28N10O5S2. The average Bonchev–Trinajstić information content (AvgIpc) is 3.63. The molecule has 0 aromatic carbocycles. The van der Waals surface area contributed by atoms with Crippen molar-refractivity contribution in [2.75, 3.05) is 31.2 Å². The van der Waals surface area contributed by atoms with E-state index in [2.05, 4.69) is 34.7 Å². The summed E-state index contributed by atoms with van der Waals surface area (Å²) in [6, 6.07) is 3.26. The number of oxime groups is 1. The van der Waals surface area contributed by atoms with Crippen molar-refractivity contribution < 1.29 is 28.9 Å². The molecule has 6 rings (SSSR count). The number of carbonyl (C=O) groups excluding carboxylic acids is 3. The Hall–Kier alpha value is -4.09. The van der Waals surface area contributed by atoms with Crippen LogP contribution in [-0.2, 0) is 25.8 Å². The fourth-order valence-corrected chi connectivity index (χ4v) is 7.18. The van der Waals surface area contributed by atoms with E-state index in [0.29, 0.717) is 17.4 Å². The molecule has 42 heavy (non-hydrogen) atoms. The molecule has 2 fully saturated rings. The highest BCUT2D eigenvalue weighted by atomic mass is 32.2. The minimum atomic E-state index is -1.46. The lowest BCUT2D eigenvalue weighted by atomic mass is 10.0. The number of nitrogens with two attached hydrogens (primary N) is 1. The number of aromatic nitrogens is 5. The summed E-state index contributed by atoms with van der Waals surface area (Å²) >= 11 is 2.24. The average molecular weight is 613 g/mol. The van der Waals surface area contributed by atoms with Crippen LogP contribution in [-0.4, -0.2) is 84.2 Å². The number of hydrogen-bond donors (Lipinski definition) is 3. The van der Waals surface area contributed by atoms with Crippen LogP contribution in [0, 0.1) is 0 Å². The maximum atomic E-state index is 13.2. The Morgan fingerprint density at radius 1 is 1.36 bits per heavy atom. The van der Waals surface area contributed by atoms with Crippen molar-refractivity contribution in [3.05, 3.63) is 41.8 Å². The topological polar surface area (TPSA) is 197 Å². The van der Waals surface area contributed by atoms with Crippen LogP contribution in [0.4, 0.5) is 5.13 Å². The molecule has 2 saturated heterocycles. The zero-order chi connectivity index (χ0) is 29.4. The number of imidazole rings is 1. The van der Waals surface area contributed by atoms with Crippen molar-refractivity contribution >= 4 is 63.1 Å². The summed E-state index contributed by atoms with van der Waals surface area (Å²) in [5.41, 5.74) is 7.44. The van der Waals surface area contributed by atoms with Crippen LogP contribution < -0.4 is 26.0 Å². The van der Waals surface area contributed by atoms with Crippen LogP contribution >= 0.6 is 23.3 Å². The number of carboxylic acid groups (broad SMARTS) is 1. The van der Waals surface area contributed by atoms with Gasteiger partial charge in [-0.3, -0.25) is 14.5 Å². The molecule has 2 unspecified atom stereocenters. The van der Waals surface area contributed by atoms with Gasteiger partial charge in [0.05, 0.1) is 17.9 Å². The molecule has 15 nitrogen and oxygen atoms in total. The van der Waals surface area contributed by atoms with Crippen LogP contribution in [0.5, 0.6) is 0 Å². The molecule has 6 heterocycles. The normalized spacial score (nSPS) is 21.3. The number of hydrogen-bond acceptors (Lipinski definition) is 13. The number of aliphatic carboxylic acids is 1. The first kappa shape index (κ1) is 28.0. The molecule has 0 radical (unpaired) electrons. The van der Waals surface area contributed by atoms with E-state index in [1.165, 1.54) is 16.7 Å². The molecule has 4 N–H and O–H groups in total. The Labute approximate surface area is 248 Å². The van der Waals surface area contributed by atoms with Crippen molar-refractivity contribution in [3.8, 4) is 0 Å². The smallest absolute Gasteiger partial charge is 0.349 e. The molecule has 3 aliphatic rings. The minimum absolute atomic E-state index is 0.0326. The second kappa shape index (κ2) is 11.7. The Morgan fingerprint density at radius 2 is 2.17 bits per heavy atom. The van der Waals surface area contributed by atoms with Crippen molar-refractivity contribution in [3.63, 3.8) is 0 Å². The number of rotatable bonds is 9. The minimum Gasteiger partial charge on any atom is -0.543 e. The van der Waals surface area contributed by atoms with Gasteiger partial charge in [-0.2, -0.15) is 9.36 Å². The van der Waals surface area contributed by atoms with Gasteiger partial charge in [-0.1, -0.05) is 5.16 Å². The van der Waals surface area contributed by atoms with Crippen LogP contribution in [0.3, 0.4) is 0 Å². The first-order valence-electron chi connectivity index (χ1n) is 13.4. The van der Waals surface area contributed by atoms with E-state index in [1.807, 2.05) is 29.2 Å². The van der Waals surface area contributed by atoms with Gasteiger partial charge in [0.25, 0.3) is 11.8 Å². The number of pyridine rings is 1. The van der Waals surface area contributed by atoms with Crippen LogP contribution in [0.2, 0.25) is 0 Å². The van der Waals surface area contributed by atoms with Crippen molar-refractivity contribution in [2.45, 2.75) is 43.8 Å². The number of amides is 2. The maximum absolute atomic E-state index is 13.2. The van der Waals surface area contributed by atoms with Gasteiger partial charge in [0.15, 0.2) is 5.13 Å². The number of carbonyl (C=O) groups is 3. The van der Waals surface area contributed by atoms with E-state index < -0.39 is 29.2 Å². The van der Waals surface area contributed by atoms with Gasteiger partial charge < -0.3 is 35.7 Å². The Bertz CT molecular complexity index is 1610. The zero-order valence-corrected chi connectivity index (χ0v) is 24.2. The predicted molar refractivity (Wildman–Crippen MR) is 151 cm³/mol. The van der Waals surface area contributed by atoms with Gasteiger partial charge in [0.2, 0.25) is 17.9 Å². The molecule has 3 aromatic rings. The number of nitrogens with one attached hydrogen (secondary N) is 2. The summed E-state index contributed by atoms with van der Waals surface area (Å²) in [6.07, 6.45) is 5.68. The van der Waals surface area contributed by atoms with Gasteiger partial charge in [-0.25, -0.2) is 4.57 Å². The second-order valence-corrected chi connectivity index (χ2v) is 11.8. The number of piperidine rings is 1. The number of nitrogen functional groups attached to an aromatic ring is 1. The summed E-state index contributed by atoms with van der Waals surface area (Å²) in [7, 11) is 0. The number of carboxylic acids is 1. The van der Waals surface area contributed by atoms with Gasteiger partial charge in [0.1, 0.15) is 30.1 Å². The Kier molecular flexibility index (Phi) is 7.78. The SMILES string of the molecule is CCO/N=C(\C(=O)NC1C(=O)N2C(C(=O)[O-])=C(C[n+]3cccc4c3ncn4C3CCNCC3)CSC12)c1nsc(N)n1. The van der Waals surface area contributed by atoms with E-state index >= 15 is 0 Å². The molecule has 0 aliphatic carbocycles. The van der Waals surface area contributed by atoms with Crippen molar-refractivity contribution in [2.24, 2.45) is 5.16 Å². The number of fused-ring (bicyclic) bond motifs is 2. The van der Waals surface area contributed by atoms with Crippen LogP contribution in [0.15, 0.2) is 41.1 Å². The monoisotopic (exact) mass is 612 g/mol. The fourth-order valence-electron chi connectivity index (χ4n) is 5.41. The first-order valence-corrected chi connectivity index (χ1v) is 15.2. The third-order valence-electron chi connectivity index (χ3n) is 7.35. The number of nitrogens with zero attached hydrogens (tertiary/aromatic N) is 7. The molecular weight excluding hydrogens is 584 g/mol. The molecule has 0 spiro atoms. The predicted octanol–water partition coefficient (Wildman–Crippen LogP) is -1.47. The molecule has 2 amide bonds. The summed E-state index contributed by atoms with van der Waals surface area (Å²) < 4.78 is 8.07. The van der Waals surface area contributed by atoms with Crippen LogP contribution in [0.1, 0.15) is 31.6 Å². The van der Waals surface area contributed by atoms with Gasteiger partial charge in [-0.15, -0.1) is 11.8 Å². The Balaban J connectivity index is 1.23. The molecule has 3 aromatic heterocycles. The third-order valence-corrected chi connectivity index (χ3v) is 9.23. The highest BCUT2D eigenvalue weighted by molar-refractivity contribution is 8.00. The zero-order valence-electron chi connectivity index (χ0n) is 22.6. The molecule has 0 bridgehead atoms. The molecule has 17 heteroatoms. The number of β-lactam (4-membered cyclic amide) rings is 1.